The van der Waals surface area contributed by atoms with Crippen molar-refractivity contribution in [2.45, 2.75) is 82.1 Å². The van der Waals surface area contributed by atoms with Crippen molar-refractivity contribution in [3.05, 3.63) is 82.7 Å². The Morgan fingerprint density at radius 1 is 1.12 bits per heavy atom. The fourth-order valence-electron chi connectivity index (χ4n) is 9.81. The Balaban J connectivity index is 1.25. The number of aromatic nitrogens is 1. The third-order valence-electron chi connectivity index (χ3n) is 12.1. The van der Waals surface area contributed by atoms with Gasteiger partial charge in [-0.3, -0.25) is 14.1 Å². The summed E-state index contributed by atoms with van der Waals surface area (Å²) in [4.78, 5) is 45.4. The maximum atomic E-state index is 17.7. The van der Waals surface area contributed by atoms with Crippen molar-refractivity contribution in [3.63, 3.8) is 0 Å². The average Bonchev–Trinajstić information content (AvgIpc) is 3.67. The van der Waals surface area contributed by atoms with Gasteiger partial charge in [-0.2, -0.15) is 0 Å². The molecule has 5 aliphatic rings. The van der Waals surface area contributed by atoms with Crippen LogP contribution in [0, 0.1) is 22.7 Å². The zero-order chi connectivity index (χ0) is 35.3. The van der Waals surface area contributed by atoms with E-state index in [-0.39, 0.29) is 31.4 Å². The van der Waals surface area contributed by atoms with Gasteiger partial charge in [-0.1, -0.05) is 37.3 Å². The van der Waals surface area contributed by atoms with Crippen LogP contribution in [-0.4, -0.2) is 72.4 Å². The lowest BCUT2D eigenvalue weighted by molar-refractivity contribution is -0.235. The van der Waals surface area contributed by atoms with Gasteiger partial charge in [-0.05, 0) is 79.0 Å². The highest BCUT2D eigenvalue weighted by atomic mass is 31.2. The van der Waals surface area contributed by atoms with Gasteiger partial charge in [0.05, 0.1) is 24.5 Å². The summed E-state index contributed by atoms with van der Waals surface area (Å²) in [7, 11) is -3.31. The number of allylic oxidation sites excluding steroid dienone is 4. The number of carbonyl (C=O) groups is 2. The summed E-state index contributed by atoms with van der Waals surface area (Å²) in [5.74, 6) is -3.19. The number of alkyl halides is 2. The second-order valence-corrected chi connectivity index (χ2v) is 15.9. The fourth-order valence-corrected chi connectivity index (χ4v) is 10.1. The third-order valence-corrected chi connectivity index (χ3v) is 12.6. The SMILES string of the molecule is Cn1cc(Cc2ccc(CO)cc2)cc1[C@@H]1O[C@@H]2C[C@H]3[C@@H]4C[C@H](F)C5=CC(=O)C=C[C@]5(C)[C@@]4(F)[C@@H](O)C[C@]3(C)[C@]2(C(=O)COP(=O)(O)O)O1. The first-order chi connectivity index (χ1) is 23.0. The molecule has 0 unspecified atom stereocenters. The molecule has 10 atom stereocenters. The lowest BCUT2D eigenvalue weighted by Gasteiger charge is -2.63. The van der Waals surface area contributed by atoms with Gasteiger partial charge in [-0.15, -0.1) is 0 Å². The second kappa shape index (κ2) is 11.6. The van der Waals surface area contributed by atoms with Crippen molar-refractivity contribution in [2.75, 3.05) is 6.61 Å². The number of ether oxygens (including phenoxy) is 2. The van der Waals surface area contributed by atoms with Crippen LogP contribution in [-0.2, 0) is 48.2 Å². The highest BCUT2D eigenvalue weighted by molar-refractivity contribution is 7.46. The molecule has 0 radical (unpaired) electrons. The maximum absolute atomic E-state index is 17.7. The number of nitrogens with zero attached hydrogens (tertiary/aromatic N) is 1. The van der Waals surface area contributed by atoms with Gasteiger partial charge < -0.3 is 34.0 Å². The molecule has 49 heavy (non-hydrogen) atoms. The number of phosphoric acid groups is 1. The Hall–Kier alpha value is -2.87. The van der Waals surface area contributed by atoms with Gasteiger partial charge >= 0.3 is 7.82 Å². The number of fused-ring (bicyclic) bond motifs is 7. The van der Waals surface area contributed by atoms with E-state index < -0.39 is 84.6 Å². The monoisotopic (exact) mass is 703 g/mol. The topological polar surface area (TPSA) is 165 Å². The van der Waals surface area contributed by atoms with Crippen LogP contribution in [0.3, 0.4) is 0 Å². The largest absolute Gasteiger partial charge is 0.470 e. The molecule has 1 aromatic carbocycles. The third kappa shape index (κ3) is 5.03. The van der Waals surface area contributed by atoms with E-state index in [1.165, 1.54) is 19.1 Å². The molecule has 4 fully saturated rings. The number of ketones is 2. The molecule has 11 nitrogen and oxygen atoms in total. The molecule has 4 N–H and O–H groups in total. The van der Waals surface area contributed by atoms with Crippen LogP contribution in [0.1, 0.15) is 61.8 Å². The first kappa shape index (κ1) is 34.6. The van der Waals surface area contributed by atoms with Gasteiger partial charge in [-0.25, -0.2) is 13.3 Å². The summed E-state index contributed by atoms with van der Waals surface area (Å²) in [6.07, 6.45) is -0.181. The number of aliphatic hydroxyl groups is 2. The Bertz CT molecular complexity index is 1800. The summed E-state index contributed by atoms with van der Waals surface area (Å²) in [6.45, 7) is 2.04. The predicted molar refractivity (Wildman–Crippen MR) is 169 cm³/mol. The van der Waals surface area contributed by atoms with E-state index in [0.717, 1.165) is 22.8 Å². The van der Waals surface area contributed by atoms with E-state index in [4.69, 9.17) is 9.47 Å². The van der Waals surface area contributed by atoms with Crippen molar-refractivity contribution in [2.24, 2.45) is 29.7 Å². The normalized spacial score (nSPS) is 39.6. The number of carbonyl (C=O) groups excluding carboxylic acids is 2. The lowest BCUT2D eigenvalue weighted by Crippen LogP contribution is -2.70. The quantitative estimate of drug-likeness (QED) is 0.297. The Labute approximate surface area is 281 Å². The van der Waals surface area contributed by atoms with Gasteiger partial charge in [0.25, 0.3) is 0 Å². The Morgan fingerprint density at radius 3 is 2.49 bits per heavy atom. The molecular weight excluding hydrogens is 663 g/mol. The van der Waals surface area contributed by atoms with Crippen LogP contribution < -0.4 is 0 Å². The number of benzene rings is 1. The molecule has 3 saturated carbocycles. The number of Topliss-reactive ketones (excluding diaryl/α,β-unsaturated/α-hetero) is 1. The fraction of sp³-hybridized carbons (Fsp3) is 0.543. The van der Waals surface area contributed by atoms with Gasteiger partial charge in [0, 0.05) is 30.0 Å². The smallest absolute Gasteiger partial charge is 0.392 e. The molecule has 1 saturated heterocycles. The number of phosphoric ester groups is 1. The van der Waals surface area contributed by atoms with Crippen LogP contribution in [0.5, 0.6) is 0 Å². The molecule has 2 heterocycles. The number of halogens is 2. The van der Waals surface area contributed by atoms with Crippen LogP contribution in [0.4, 0.5) is 8.78 Å². The molecule has 2 aromatic rings. The average molecular weight is 704 g/mol. The summed E-state index contributed by atoms with van der Waals surface area (Å²) in [5, 5.41) is 21.2. The van der Waals surface area contributed by atoms with Gasteiger partial charge in [0.1, 0.15) is 12.8 Å². The van der Waals surface area contributed by atoms with Crippen molar-refractivity contribution >= 4 is 19.4 Å². The van der Waals surface area contributed by atoms with E-state index >= 15 is 8.78 Å². The number of hydrogen-bond donors (Lipinski definition) is 4. The Morgan fingerprint density at radius 2 is 1.82 bits per heavy atom. The molecular formula is C35H40F2NO10P. The first-order valence-corrected chi connectivity index (χ1v) is 17.9. The van der Waals surface area contributed by atoms with Crippen LogP contribution in [0.2, 0.25) is 0 Å². The second-order valence-electron chi connectivity index (χ2n) is 14.6. The first-order valence-electron chi connectivity index (χ1n) is 16.3. The minimum Gasteiger partial charge on any atom is -0.392 e. The molecule has 264 valence electrons. The molecule has 14 heteroatoms. The highest BCUT2D eigenvalue weighted by Gasteiger charge is 2.80. The molecule has 1 aliphatic heterocycles. The summed E-state index contributed by atoms with van der Waals surface area (Å²) >= 11 is 0. The molecule has 0 amide bonds. The lowest BCUT2D eigenvalue weighted by atomic mass is 9.44. The van der Waals surface area contributed by atoms with E-state index in [1.54, 1.807) is 18.5 Å². The zero-order valence-electron chi connectivity index (χ0n) is 27.3. The maximum Gasteiger partial charge on any atom is 0.470 e. The van der Waals surface area contributed by atoms with E-state index in [0.29, 0.717) is 12.1 Å². The minimum absolute atomic E-state index is 0.0307. The number of rotatable bonds is 8. The van der Waals surface area contributed by atoms with Crippen LogP contribution in [0.25, 0.3) is 0 Å². The van der Waals surface area contributed by atoms with Crippen LogP contribution in [0.15, 0.2) is 60.3 Å². The molecule has 1 aromatic heterocycles. The van der Waals surface area contributed by atoms with Crippen molar-refractivity contribution in [1.82, 2.24) is 4.57 Å². The van der Waals surface area contributed by atoms with Crippen molar-refractivity contribution in [3.8, 4) is 0 Å². The van der Waals surface area contributed by atoms with E-state index in [9.17, 15) is 34.2 Å². The molecule has 0 spiro atoms. The number of aliphatic hydroxyl groups excluding tert-OH is 2. The minimum atomic E-state index is -5.10. The van der Waals surface area contributed by atoms with E-state index in [1.807, 2.05) is 36.5 Å². The number of aryl methyl sites for hydroxylation is 1. The standard InChI is InChI=1S/C35H40F2NO10P/c1-32-9-8-22(40)12-25(32)26(36)13-24-23-14-30-35(29(42)18-46-49(43,44)45,33(23,2)15-28(41)34(24,32)37)48-31(47-30)27-11-21(16-38(27)3)10-19-4-6-20(17-39)7-5-19/h4-9,11-12,16,23-24,26,28,30-31,39,41H,10,13-15,17-18H2,1-3H3,(H2,43,44,45)/t23-,24-,26-,28-,30+,31+,32-,33-,34-,35+/m0/s1. The zero-order valence-corrected chi connectivity index (χ0v) is 28.2. The van der Waals surface area contributed by atoms with E-state index in [2.05, 4.69) is 4.52 Å². The van der Waals surface area contributed by atoms with Gasteiger partial charge in [0.15, 0.2) is 22.8 Å². The highest BCUT2D eigenvalue weighted by Crippen LogP contribution is 2.72. The summed E-state index contributed by atoms with van der Waals surface area (Å²) < 4.78 is 64.9. The number of hydrogen-bond acceptors (Lipinski definition) is 8. The van der Waals surface area contributed by atoms with Gasteiger partial charge in [0.2, 0.25) is 6.29 Å². The van der Waals surface area contributed by atoms with Crippen molar-refractivity contribution in [1.29, 1.82) is 0 Å². The summed E-state index contributed by atoms with van der Waals surface area (Å²) in [5.41, 5.74) is -4.17. The predicted octanol–water partition coefficient (Wildman–Crippen LogP) is 3.87. The molecule has 0 bridgehead atoms. The molecule has 4 aliphatic carbocycles. The Kier molecular flexibility index (Phi) is 8.17. The molecule has 7 rings (SSSR count). The van der Waals surface area contributed by atoms with Crippen LogP contribution >= 0.6 is 7.82 Å². The summed E-state index contributed by atoms with van der Waals surface area (Å²) in [6, 6.07) is 9.35. The van der Waals surface area contributed by atoms with Crippen molar-refractivity contribution < 1.29 is 56.9 Å².